The third-order valence-electron chi connectivity index (χ3n) is 4.73. The van der Waals surface area contributed by atoms with E-state index in [1.54, 1.807) is 0 Å². The van der Waals surface area contributed by atoms with Crippen molar-refractivity contribution in [1.82, 2.24) is 4.98 Å². The van der Waals surface area contributed by atoms with Gasteiger partial charge >= 0.3 is 0 Å². The maximum Gasteiger partial charge on any atom is 0.0709 e. The maximum atomic E-state index is 5.82. The zero-order valence-electron chi connectivity index (χ0n) is 13.8. The monoisotopic (exact) mass is 310 g/mol. The second-order valence-electron chi connectivity index (χ2n) is 6.57. The van der Waals surface area contributed by atoms with Crippen molar-refractivity contribution in [2.45, 2.75) is 19.3 Å². The molecule has 0 N–H and O–H groups in total. The Labute approximate surface area is 142 Å². The van der Waals surface area contributed by atoms with Gasteiger partial charge in [-0.2, -0.15) is 0 Å². The first kappa shape index (κ1) is 14.5. The fourth-order valence-electron chi connectivity index (χ4n) is 3.43. The lowest BCUT2D eigenvalue weighted by Crippen LogP contribution is -2.22. The number of nitrogens with zero attached hydrogens (tertiary/aromatic N) is 2. The number of pyridine rings is 1. The van der Waals surface area contributed by atoms with E-state index in [4.69, 9.17) is 11.4 Å². The second-order valence-corrected chi connectivity index (χ2v) is 6.57. The van der Waals surface area contributed by atoms with Crippen LogP contribution < -0.4 is 4.90 Å². The lowest BCUT2D eigenvalue weighted by molar-refractivity contribution is 0.649. The van der Waals surface area contributed by atoms with E-state index in [1.165, 1.54) is 5.56 Å². The maximum absolute atomic E-state index is 5.82. The van der Waals surface area contributed by atoms with Crippen molar-refractivity contribution in [2.75, 3.05) is 4.90 Å². The summed E-state index contributed by atoms with van der Waals surface area (Å²) in [4.78, 5) is 6.70. The predicted octanol–water partition coefficient (Wildman–Crippen LogP) is 4.96. The molecule has 0 radical (unpaired) electrons. The van der Waals surface area contributed by atoms with Crippen molar-refractivity contribution in [2.24, 2.45) is 0 Å². The molecule has 116 valence electrons. The zero-order chi connectivity index (χ0) is 16.7. The number of rotatable bonds is 1. The van der Waals surface area contributed by atoms with Gasteiger partial charge in [0.05, 0.1) is 16.9 Å². The summed E-state index contributed by atoms with van der Waals surface area (Å²) in [6.07, 6.45) is 7.92. The molecular formula is C22H18N2. The van der Waals surface area contributed by atoms with E-state index in [9.17, 15) is 0 Å². The highest BCUT2D eigenvalue weighted by molar-refractivity contribution is 5.82. The second kappa shape index (κ2) is 5.25. The number of allylic oxidation sites excluding steroid dienone is 1. The molecule has 1 aliphatic rings. The van der Waals surface area contributed by atoms with Gasteiger partial charge in [-0.25, -0.2) is 4.98 Å². The van der Waals surface area contributed by atoms with Crippen molar-refractivity contribution in [3.8, 4) is 12.5 Å². The van der Waals surface area contributed by atoms with Crippen LogP contribution in [0.15, 0.2) is 66.4 Å². The van der Waals surface area contributed by atoms with Crippen molar-refractivity contribution in [3.05, 3.63) is 77.6 Å². The minimum absolute atomic E-state index is 0.156. The van der Waals surface area contributed by atoms with Crippen LogP contribution in [0.2, 0.25) is 0 Å². The van der Waals surface area contributed by atoms with Crippen molar-refractivity contribution < 1.29 is 0 Å². The molecule has 0 bridgehead atoms. The van der Waals surface area contributed by atoms with E-state index in [2.05, 4.69) is 56.3 Å². The highest BCUT2D eigenvalue weighted by Crippen LogP contribution is 2.47. The van der Waals surface area contributed by atoms with Crippen molar-refractivity contribution in [1.29, 1.82) is 0 Å². The normalized spacial score (nSPS) is 17.0. The summed E-state index contributed by atoms with van der Waals surface area (Å²) in [7, 11) is 0. The molecule has 0 unspecified atom stereocenters. The number of aromatic nitrogens is 1. The lowest BCUT2D eigenvalue weighted by atomic mass is 9.83. The fraction of sp³-hybridized carbons (Fsp3) is 0.136. The van der Waals surface area contributed by atoms with Crippen LogP contribution in [0.4, 0.5) is 5.69 Å². The van der Waals surface area contributed by atoms with Crippen LogP contribution in [0.3, 0.4) is 0 Å². The van der Waals surface area contributed by atoms with Crippen LogP contribution >= 0.6 is 0 Å². The Bertz CT molecular complexity index is 1010. The average molecular weight is 310 g/mol. The molecule has 0 aliphatic carbocycles. The van der Waals surface area contributed by atoms with Crippen LogP contribution in [0, 0.1) is 12.5 Å². The highest BCUT2D eigenvalue weighted by atomic mass is 15.2. The predicted molar refractivity (Wildman–Crippen MR) is 101 cm³/mol. The Morgan fingerprint density at radius 3 is 2.58 bits per heavy atom. The van der Waals surface area contributed by atoms with Crippen LogP contribution in [0.5, 0.6) is 0 Å². The summed E-state index contributed by atoms with van der Waals surface area (Å²) >= 11 is 0. The van der Waals surface area contributed by atoms with E-state index in [1.807, 2.05) is 35.2 Å². The molecule has 0 atom stereocenters. The first-order valence-electron chi connectivity index (χ1n) is 8.05. The van der Waals surface area contributed by atoms with Crippen molar-refractivity contribution in [3.63, 3.8) is 0 Å². The summed E-state index contributed by atoms with van der Waals surface area (Å²) in [5.74, 6) is 0. The molecule has 1 aliphatic heterocycles. The number of anilines is 1. The van der Waals surface area contributed by atoms with Gasteiger partial charge in [0, 0.05) is 22.5 Å². The van der Waals surface area contributed by atoms with Crippen LogP contribution in [0.1, 0.15) is 25.1 Å². The third-order valence-corrected chi connectivity index (χ3v) is 4.73. The number of hydrogen-bond donors (Lipinski definition) is 0. The SMILES string of the molecule is C#CN1/C(=C/c2ccc3ccccc3n2)C(C)(C)c2ccccc21. The standard InChI is InChI=1S/C22H18N2/c1-4-24-20-12-8-6-10-18(20)22(2,3)21(24)15-17-14-13-16-9-5-7-11-19(16)23-17/h1,5-15H,2-3H3/b21-15+. The Morgan fingerprint density at radius 2 is 1.75 bits per heavy atom. The molecule has 3 aromatic rings. The van der Waals surface area contributed by atoms with Crippen LogP contribution in [-0.4, -0.2) is 4.98 Å². The van der Waals surface area contributed by atoms with Crippen molar-refractivity contribution >= 4 is 22.7 Å². The first-order chi connectivity index (χ1) is 11.6. The highest BCUT2D eigenvalue weighted by Gasteiger charge is 2.39. The molecule has 0 amide bonds. The molecule has 0 saturated carbocycles. The van der Waals surface area contributed by atoms with Gasteiger partial charge in [-0.3, -0.25) is 4.90 Å². The summed E-state index contributed by atoms with van der Waals surface area (Å²) in [6, 6.07) is 23.4. The third kappa shape index (κ3) is 2.10. The van der Waals surface area contributed by atoms with E-state index in [-0.39, 0.29) is 5.41 Å². The Hall–Kier alpha value is -3.05. The summed E-state index contributed by atoms with van der Waals surface area (Å²) in [5.41, 5.74) is 5.16. The van der Waals surface area contributed by atoms with Gasteiger partial charge in [0.15, 0.2) is 0 Å². The molecule has 24 heavy (non-hydrogen) atoms. The van der Waals surface area contributed by atoms with E-state index in [0.717, 1.165) is 28.0 Å². The van der Waals surface area contributed by atoms with Gasteiger partial charge in [0.25, 0.3) is 0 Å². The van der Waals surface area contributed by atoms with E-state index >= 15 is 0 Å². The Morgan fingerprint density at radius 1 is 1.00 bits per heavy atom. The van der Waals surface area contributed by atoms with Gasteiger partial charge in [-0.15, -0.1) is 0 Å². The smallest absolute Gasteiger partial charge is 0.0709 e. The quantitative estimate of drug-likeness (QED) is 0.590. The number of terminal acetylenes is 1. The molecule has 0 fully saturated rings. The lowest BCUT2D eigenvalue weighted by Gasteiger charge is -2.23. The van der Waals surface area contributed by atoms with Crippen LogP contribution in [-0.2, 0) is 5.41 Å². The van der Waals surface area contributed by atoms with Gasteiger partial charge in [-0.05, 0) is 29.8 Å². The zero-order valence-corrected chi connectivity index (χ0v) is 13.8. The number of fused-ring (bicyclic) bond motifs is 2. The van der Waals surface area contributed by atoms with Gasteiger partial charge < -0.3 is 0 Å². The molecule has 2 heterocycles. The molecular weight excluding hydrogens is 292 g/mol. The molecule has 0 saturated heterocycles. The first-order valence-corrected chi connectivity index (χ1v) is 8.05. The average Bonchev–Trinajstić information content (AvgIpc) is 2.82. The van der Waals surface area contributed by atoms with Gasteiger partial charge in [0.1, 0.15) is 0 Å². The number of benzene rings is 2. The largest absolute Gasteiger partial charge is 0.273 e. The fourth-order valence-corrected chi connectivity index (χ4v) is 3.43. The Balaban J connectivity index is 1.88. The summed E-state index contributed by atoms with van der Waals surface area (Å²) < 4.78 is 0. The number of hydrogen-bond acceptors (Lipinski definition) is 2. The van der Waals surface area contributed by atoms with E-state index in [0.29, 0.717) is 0 Å². The molecule has 1 aromatic heterocycles. The molecule has 2 heteroatoms. The molecule has 0 spiro atoms. The topological polar surface area (TPSA) is 16.1 Å². The molecule has 2 nitrogen and oxygen atoms in total. The van der Waals surface area contributed by atoms with E-state index < -0.39 is 0 Å². The minimum Gasteiger partial charge on any atom is -0.273 e. The van der Waals surface area contributed by atoms with Crippen LogP contribution in [0.25, 0.3) is 17.0 Å². The molecule has 4 rings (SSSR count). The molecule has 2 aromatic carbocycles. The Kier molecular flexibility index (Phi) is 3.18. The summed E-state index contributed by atoms with van der Waals surface area (Å²) in [6.45, 7) is 4.41. The number of para-hydroxylation sites is 2. The summed E-state index contributed by atoms with van der Waals surface area (Å²) in [5, 5.41) is 1.14. The minimum atomic E-state index is -0.156. The van der Waals surface area contributed by atoms with Gasteiger partial charge in [-0.1, -0.05) is 62.7 Å². The van der Waals surface area contributed by atoms with Gasteiger partial charge in [0.2, 0.25) is 0 Å².